The first kappa shape index (κ1) is 19.7. The number of thiazole rings is 1. The molecule has 0 atom stereocenters. The topological polar surface area (TPSA) is 45.2 Å². The highest BCUT2D eigenvalue weighted by molar-refractivity contribution is 7.22. The molecule has 29 heavy (non-hydrogen) atoms. The number of carbonyl (C=O) groups is 1. The number of rotatable bonds is 3. The van der Waals surface area contributed by atoms with Gasteiger partial charge in [0.2, 0.25) is 5.91 Å². The van der Waals surface area contributed by atoms with E-state index >= 15 is 0 Å². The van der Waals surface area contributed by atoms with Crippen molar-refractivity contribution in [3.8, 4) is 0 Å². The summed E-state index contributed by atoms with van der Waals surface area (Å²) in [5.74, 6) is -0.311. The van der Waals surface area contributed by atoms with Gasteiger partial charge >= 0.3 is 6.18 Å². The average molecular weight is 419 g/mol. The Hall–Kier alpha value is -2.61. The molecule has 2 aromatic carbocycles. The van der Waals surface area contributed by atoms with E-state index in [0.29, 0.717) is 18.5 Å². The molecule has 1 aromatic heterocycles. The van der Waals surface area contributed by atoms with Gasteiger partial charge in [0.05, 0.1) is 15.8 Å². The number of hydrogen-bond donors (Lipinski definition) is 1. The van der Waals surface area contributed by atoms with Crippen molar-refractivity contribution in [2.24, 2.45) is 5.92 Å². The predicted octanol–water partition coefficient (Wildman–Crippen LogP) is 5.48. The summed E-state index contributed by atoms with van der Waals surface area (Å²) in [5.41, 5.74) is 1.84. The van der Waals surface area contributed by atoms with Crippen molar-refractivity contribution in [2.45, 2.75) is 25.9 Å². The molecule has 0 spiro atoms. The third kappa shape index (κ3) is 4.37. The van der Waals surface area contributed by atoms with Crippen LogP contribution in [0.3, 0.4) is 0 Å². The number of nitrogens with one attached hydrogen (secondary N) is 1. The van der Waals surface area contributed by atoms with Crippen molar-refractivity contribution in [2.75, 3.05) is 23.3 Å². The Morgan fingerprint density at radius 1 is 1.14 bits per heavy atom. The van der Waals surface area contributed by atoms with E-state index in [1.807, 2.05) is 12.1 Å². The summed E-state index contributed by atoms with van der Waals surface area (Å²) in [6.45, 7) is 3.51. The quantitative estimate of drug-likeness (QED) is 0.612. The van der Waals surface area contributed by atoms with Crippen LogP contribution in [-0.2, 0) is 11.0 Å². The Morgan fingerprint density at radius 2 is 1.83 bits per heavy atom. The van der Waals surface area contributed by atoms with Gasteiger partial charge in [-0.05, 0) is 61.7 Å². The lowest BCUT2D eigenvalue weighted by atomic mass is 9.96. The zero-order chi connectivity index (χ0) is 20.6. The summed E-state index contributed by atoms with van der Waals surface area (Å²) in [6.07, 6.45) is -3.02. The molecule has 4 rings (SSSR count). The fraction of sp³-hybridized carbons (Fsp3) is 0.333. The minimum atomic E-state index is -4.38. The van der Waals surface area contributed by atoms with Crippen LogP contribution in [0.15, 0.2) is 42.5 Å². The normalized spacial score (nSPS) is 15.7. The van der Waals surface area contributed by atoms with Gasteiger partial charge in [0.15, 0.2) is 5.13 Å². The SMILES string of the molecule is Cc1ccc2nc(N3CCC(C(=O)Nc4ccc(C(F)(F)F)cc4)CC3)sc2c1. The highest BCUT2D eigenvalue weighted by Crippen LogP contribution is 2.33. The van der Waals surface area contributed by atoms with Crippen LogP contribution in [0.2, 0.25) is 0 Å². The Balaban J connectivity index is 1.35. The molecule has 1 aliphatic heterocycles. The number of aryl methyl sites for hydroxylation is 1. The fourth-order valence-electron chi connectivity index (χ4n) is 3.47. The molecule has 1 fully saturated rings. The first-order valence-corrected chi connectivity index (χ1v) is 10.2. The van der Waals surface area contributed by atoms with Gasteiger partial charge in [-0.15, -0.1) is 0 Å². The van der Waals surface area contributed by atoms with E-state index in [2.05, 4.69) is 23.2 Å². The van der Waals surface area contributed by atoms with Gasteiger partial charge in [-0.3, -0.25) is 4.79 Å². The smallest absolute Gasteiger partial charge is 0.348 e. The van der Waals surface area contributed by atoms with Crippen LogP contribution in [-0.4, -0.2) is 24.0 Å². The first-order chi connectivity index (χ1) is 13.8. The second kappa shape index (κ2) is 7.67. The molecule has 0 bridgehead atoms. The van der Waals surface area contributed by atoms with E-state index < -0.39 is 11.7 Å². The number of carbonyl (C=O) groups excluding carboxylic acids is 1. The molecule has 0 saturated carbocycles. The highest BCUT2D eigenvalue weighted by Gasteiger charge is 2.30. The van der Waals surface area contributed by atoms with Crippen LogP contribution in [0.5, 0.6) is 0 Å². The number of piperidine rings is 1. The molecule has 1 aliphatic rings. The number of fused-ring (bicyclic) bond motifs is 1. The molecule has 8 heteroatoms. The van der Waals surface area contributed by atoms with Gasteiger partial charge in [0.1, 0.15) is 0 Å². The molecule has 0 aliphatic carbocycles. The van der Waals surface area contributed by atoms with Gasteiger partial charge in [-0.2, -0.15) is 13.2 Å². The van der Waals surface area contributed by atoms with Gasteiger partial charge < -0.3 is 10.2 Å². The zero-order valence-corrected chi connectivity index (χ0v) is 16.6. The number of alkyl halides is 3. The molecule has 4 nitrogen and oxygen atoms in total. The molecule has 1 amide bonds. The monoisotopic (exact) mass is 419 g/mol. The minimum Gasteiger partial charge on any atom is -0.348 e. The third-order valence-electron chi connectivity index (χ3n) is 5.15. The van der Waals surface area contributed by atoms with Crippen LogP contribution >= 0.6 is 11.3 Å². The molecular weight excluding hydrogens is 399 g/mol. The summed E-state index contributed by atoms with van der Waals surface area (Å²) in [4.78, 5) is 19.4. The summed E-state index contributed by atoms with van der Waals surface area (Å²) >= 11 is 1.66. The number of aromatic nitrogens is 1. The van der Waals surface area contributed by atoms with Crippen molar-refractivity contribution in [1.82, 2.24) is 4.98 Å². The second-order valence-electron chi connectivity index (χ2n) is 7.29. The van der Waals surface area contributed by atoms with E-state index in [1.165, 1.54) is 17.7 Å². The molecule has 2 heterocycles. The standard InChI is InChI=1S/C21H20F3N3OS/c1-13-2-7-17-18(12-13)29-20(26-17)27-10-8-14(9-11-27)19(28)25-16-5-3-15(4-6-16)21(22,23)24/h2-7,12,14H,8-11H2,1H3,(H,25,28). The second-order valence-corrected chi connectivity index (χ2v) is 8.30. The molecule has 0 radical (unpaired) electrons. The summed E-state index contributed by atoms with van der Waals surface area (Å²) in [5, 5.41) is 3.70. The molecule has 1 saturated heterocycles. The summed E-state index contributed by atoms with van der Waals surface area (Å²) < 4.78 is 39.1. The lowest BCUT2D eigenvalue weighted by molar-refractivity contribution is -0.137. The molecule has 3 aromatic rings. The number of nitrogens with zero attached hydrogens (tertiary/aromatic N) is 2. The Bertz CT molecular complexity index is 1020. The first-order valence-electron chi connectivity index (χ1n) is 9.40. The van der Waals surface area contributed by atoms with E-state index in [9.17, 15) is 18.0 Å². The highest BCUT2D eigenvalue weighted by atomic mass is 32.1. The lowest BCUT2D eigenvalue weighted by Crippen LogP contribution is -2.38. The van der Waals surface area contributed by atoms with Crippen molar-refractivity contribution in [3.05, 3.63) is 53.6 Å². The average Bonchev–Trinajstić information content (AvgIpc) is 3.11. The lowest BCUT2D eigenvalue weighted by Gasteiger charge is -2.31. The molecular formula is C21H20F3N3OS. The summed E-state index contributed by atoms with van der Waals surface area (Å²) in [6, 6.07) is 10.7. The maximum Gasteiger partial charge on any atom is 0.416 e. The minimum absolute atomic E-state index is 0.149. The summed E-state index contributed by atoms with van der Waals surface area (Å²) in [7, 11) is 0. The Kier molecular flexibility index (Phi) is 5.21. The van der Waals surface area contributed by atoms with E-state index in [0.717, 1.165) is 40.6 Å². The number of hydrogen-bond acceptors (Lipinski definition) is 4. The van der Waals surface area contributed by atoms with E-state index in [-0.39, 0.29) is 11.8 Å². The van der Waals surface area contributed by atoms with Gasteiger partial charge in [0.25, 0.3) is 0 Å². The van der Waals surface area contributed by atoms with Crippen molar-refractivity contribution in [1.29, 1.82) is 0 Å². The Labute approximate surface area is 170 Å². The van der Waals surface area contributed by atoms with Crippen molar-refractivity contribution in [3.63, 3.8) is 0 Å². The maximum absolute atomic E-state index is 12.6. The zero-order valence-electron chi connectivity index (χ0n) is 15.8. The number of halogens is 3. The van der Waals surface area contributed by atoms with Crippen LogP contribution in [0.4, 0.5) is 24.0 Å². The number of anilines is 2. The van der Waals surface area contributed by atoms with E-state index in [1.54, 1.807) is 11.3 Å². The van der Waals surface area contributed by atoms with Crippen molar-refractivity contribution >= 4 is 38.3 Å². The van der Waals surface area contributed by atoms with Crippen LogP contribution in [0.25, 0.3) is 10.2 Å². The van der Waals surface area contributed by atoms with Gasteiger partial charge in [0, 0.05) is 24.7 Å². The van der Waals surface area contributed by atoms with Crippen LogP contribution in [0.1, 0.15) is 24.0 Å². The van der Waals surface area contributed by atoms with Crippen LogP contribution in [0, 0.1) is 12.8 Å². The number of benzene rings is 2. The number of amides is 1. The molecule has 152 valence electrons. The fourth-order valence-corrected chi connectivity index (χ4v) is 4.59. The largest absolute Gasteiger partial charge is 0.416 e. The van der Waals surface area contributed by atoms with Crippen LogP contribution < -0.4 is 10.2 Å². The van der Waals surface area contributed by atoms with Crippen molar-refractivity contribution < 1.29 is 18.0 Å². The van der Waals surface area contributed by atoms with Gasteiger partial charge in [-0.1, -0.05) is 17.4 Å². The predicted molar refractivity (Wildman–Crippen MR) is 109 cm³/mol. The van der Waals surface area contributed by atoms with E-state index in [4.69, 9.17) is 4.98 Å². The third-order valence-corrected chi connectivity index (χ3v) is 6.23. The van der Waals surface area contributed by atoms with Gasteiger partial charge in [-0.25, -0.2) is 4.98 Å². The molecule has 1 N–H and O–H groups in total. The maximum atomic E-state index is 12.6. The Morgan fingerprint density at radius 3 is 2.48 bits per heavy atom. The molecule has 0 unspecified atom stereocenters.